The standard InChI is InChI=1S/C10H7FN2O2S/c11-8-5-6(1-2-7(8)9(14)15)13-10-12-3-4-16-10/h1-5H,(H,12,13)(H,14,15). The minimum atomic E-state index is -1.28. The predicted octanol–water partition coefficient (Wildman–Crippen LogP) is 2.72. The molecule has 0 bridgehead atoms. The number of nitrogens with one attached hydrogen (secondary N) is 1. The van der Waals surface area contributed by atoms with Gasteiger partial charge in [-0.25, -0.2) is 14.2 Å². The van der Waals surface area contributed by atoms with Gasteiger partial charge in [-0.1, -0.05) is 0 Å². The van der Waals surface area contributed by atoms with Gasteiger partial charge >= 0.3 is 5.97 Å². The molecule has 1 aromatic heterocycles. The van der Waals surface area contributed by atoms with Crippen LogP contribution >= 0.6 is 11.3 Å². The Kier molecular flexibility index (Phi) is 2.82. The van der Waals surface area contributed by atoms with E-state index in [1.165, 1.54) is 23.5 Å². The third-order valence-corrected chi connectivity index (χ3v) is 2.57. The first kappa shape index (κ1) is 10.6. The summed E-state index contributed by atoms with van der Waals surface area (Å²) in [6.07, 6.45) is 1.62. The smallest absolute Gasteiger partial charge is 0.338 e. The first-order valence-electron chi connectivity index (χ1n) is 4.36. The molecule has 0 saturated heterocycles. The molecule has 6 heteroatoms. The van der Waals surface area contributed by atoms with Crippen LogP contribution in [0.4, 0.5) is 15.2 Å². The lowest BCUT2D eigenvalue weighted by atomic mass is 10.2. The topological polar surface area (TPSA) is 62.2 Å². The van der Waals surface area contributed by atoms with Crippen molar-refractivity contribution in [2.75, 3.05) is 5.32 Å². The number of hydrogen-bond acceptors (Lipinski definition) is 4. The van der Waals surface area contributed by atoms with Crippen LogP contribution in [0.3, 0.4) is 0 Å². The minimum absolute atomic E-state index is 0.343. The van der Waals surface area contributed by atoms with Gasteiger partial charge in [0.05, 0.1) is 5.56 Å². The fraction of sp³-hybridized carbons (Fsp3) is 0. The molecule has 0 spiro atoms. The number of aromatic nitrogens is 1. The van der Waals surface area contributed by atoms with Crippen molar-refractivity contribution < 1.29 is 14.3 Å². The number of carboxylic acid groups (broad SMARTS) is 1. The van der Waals surface area contributed by atoms with E-state index in [9.17, 15) is 9.18 Å². The molecule has 2 rings (SSSR count). The van der Waals surface area contributed by atoms with Crippen molar-refractivity contribution in [1.29, 1.82) is 0 Å². The number of nitrogens with zero attached hydrogens (tertiary/aromatic N) is 1. The van der Waals surface area contributed by atoms with Crippen LogP contribution < -0.4 is 5.32 Å². The van der Waals surface area contributed by atoms with Crippen molar-refractivity contribution in [2.45, 2.75) is 0 Å². The number of thiazole rings is 1. The number of aromatic carboxylic acids is 1. The maximum absolute atomic E-state index is 13.3. The molecule has 16 heavy (non-hydrogen) atoms. The molecule has 2 aromatic rings. The number of halogens is 1. The van der Waals surface area contributed by atoms with Gasteiger partial charge in [0.1, 0.15) is 5.82 Å². The van der Waals surface area contributed by atoms with Gasteiger partial charge in [-0.05, 0) is 18.2 Å². The first-order chi connectivity index (χ1) is 7.66. The summed E-state index contributed by atoms with van der Waals surface area (Å²) in [4.78, 5) is 14.5. The quantitative estimate of drug-likeness (QED) is 0.863. The van der Waals surface area contributed by atoms with Gasteiger partial charge in [-0.15, -0.1) is 11.3 Å². The summed E-state index contributed by atoms with van der Waals surface area (Å²) in [5.41, 5.74) is 0.127. The van der Waals surface area contributed by atoms with Gasteiger partial charge in [0.25, 0.3) is 0 Å². The van der Waals surface area contributed by atoms with E-state index in [1.807, 2.05) is 0 Å². The van der Waals surface area contributed by atoms with E-state index in [-0.39, 0.29) is 5.56 Å². The summed E-state index contributed by atoms with van der Waals surface area (Å²) in [5.74, 6) is -2.05. The average Bonchev–Trinajstić information content (AvgIpc) is 2.70. The molecule has 0 unspecified atom stereocenters. The maximum atomic E-state index is 13.3. The molecular weight excluding hydrogens is 231 g/mol. The number of rotatable bonds is 3. The van der Waals surface area contributed by atoms with Crippen molar-refractivity contribution >= 4 is 28.1 Å². The Morgan fingerprint density at radius 3 is 2.88 bits per heavy atom. The summed E-state index contributed by atoms with van der Waals surface area (Å²) >= 11 is 1.37. The van der Waals surface area contributed by atoms with E-state index in [0.29, 0.717) is 10.8 Å². The molecule has 0 aliphatic heterocycles. The Bertz CT molecular complexity index is 514. The molecular formula is C10H7FN2O2S. The molecule has 1 aromatic carbocycles. The Hall–Kier alpha value is -1.95. The van der Waals surface area contributed by atoms with E-state index >= 15 is 0 Å². The first-order valence-corrected chi connectivity index (χ1v) is 5.24. The number of carboxylic acids is 1. The van der Waals surface area contributed by atoms with Gasteiger partial charge in [-0.2, -0.15) is 0 Å². The molecule has 0 fully saturated rings. The lowest BCUT2D eigenvalue weighted by Crippen LogP contribution is -2.01. The molecule has 0 aliphatic carbocycles. The van der Waals surface area contributed by atoms with Crippen LogP contribution in [0.1, 0.15) is 10.4 Å². The van der Waals surface area contributed by atoms with E-state index in [0.717, 1.165) is 6.07 Å². The molecule has 82 valence electrons. The summed E-state index contributed by atoms with van der Waals surface area (Å²) in [6, 6.07) is 3.84. The lowest BCUT2D eigenvalue weighted by molar-refractivity contribution is 0.0692. The molecule has 0 atom stereocenters. The predicted molar refractivity (Wildman–Crippen MR) is 58.8 cm³/mol. The number of anilines is 2. The summed E-state index contributed by atoms with van der Waals surface area (Å²) in [7, 11) is 0. The van der Waals surface area contributed by atoms with Crippen LogP contribution in [-0.4, -0.2) is 16.1 Å². The van der Waals surface area contributed by atoms with Crippen molar-refractivity contribution in [2.24, 2.45) is 0 Å². The van der Waals surface area contributed by atoms with Gasteiger partial charge in [0.2, 0.25) is 0 Å². The highest BCUT2D eigenvalue weighted by molar-refractivity contribution is 7.13. The van der Waals surface area contributed by atoms with E-state index < -0.39 is 11.8 Å². The second-order valence-corrected chi connectivity index (χ2v) is 3.86. The zero-order chi connectivity index (χ0) is 11.5. The lowest BCUT2D eigenvalue weighted by Gasteiger charge is -2.03. The minimum Gasteiger partial charge on any atom is -0.478 e. The zero-order valence-electron chi connectivity index (χ0n) is 7.98. The third-order valence-electron chi connectivity index (χ3n) is 1.88. The van der Waals surface area contributed by atoms with Gasteiger partial charge < -0.3 is 10.4 Å². The molecule has 4 nitrogen and oxygen atoms in total. The highest BCUT2D eigenvalue weighted by Gasteiger charge is 2.10. The van der Waals surface area contributed by atoms with Crippen molar-refractivity contribution in [3.05, 3.63) is 41.2 Å². The Labute approximate surface area is 94.4 Å². The monoisotopic (exact) mass is 238 g/mol. The Morgan fingerprint density at radius 2 is 2.31 bits per heavy atom. The van der Waals surface area contributed by atoms with E-state index in [1.54, 1.807) is 11.6 Å². The highest BCUT2D eigenvalue weighted by atomic mass is 32.1. The van der Waals surface area contributed by atoms with Crippen LogP contribution in [0.2, 0.25) is 0 Å². The van der Waals surface area contributed by atoms with E-state index in [2.05, 4.69) is 10.3 Å². The van der Waals surface area contributed by atoms with Crippen molar-refractivity contribution in [3.8, 4) is 0 Å². The summed E-state index contributed by atoms with van der Waals surface area (Å²) in [6.45, 7) is 0. The number of carbonyl (C=O) groups is 1. The van der Waals surface area contributed by atoms with Crippen LogP contribution in [-0.2, 0) is 0 Å². The van der Waals surface area contributed by atoms with Crippen LogP contribution in [0.25, 0.3) is 0 Å². The van der Waals surface area contributed by atoms with Crippen molar-refractivity contribution in [3.63, 3.8) is 0 Å². The molecule has 0 radical (unpaired) electrons. The fourth-order valence-electron chi connectivity index (χ4n) is 1.17. The summed E-state index contributed by atoms with van der Waals surface area (Å²) < 4.78 is 13.3. The largest absolute Gasteiger partial charge is 0.478 e. The average molecular weight is 238 g/mol. The number of hydrogen-bond donors (Lipinski definition) is 2. The molecule has 0 aliphatic rings. The highest BCUT2D eigenvalue weighted by Crippen LogP contribution is 2.20. The maximum Gasteiger partial charge on any atom is 0.338 e. The second kappa shape index (κ2) is 4.28. The van der Waals surface area contributed by atoms with Gasteiger partial charge in [0.15, 0.2) is 5.13 Å². The third kappa shape index (κ3) is 2.17. The van der Waals surface area contributed by atoms with Crippen LogP contribution in [0.5, 0.6) is 0 Å². The molecule has 2 N–H and O–H groups in total. The van der Waals surface area contributed by atoms with E-state index in [4.69, 9.17) is 5.11 Å². The van der Waals surface area contributed by atoms with Crippen LogP contribution in [0, 0.1) is 5.82 Å². The zero-order valence-corrected chi connectivity index (χ0v) is 8.79. The number of benzene rings is 1. The molecule has 0 saturated carbocycles. The SMILES string of the molecule is O=C(O)c1ccc(Nc2nccs2)cc1F. The van der Waals surface area contributed by atoms with Gasteiger partial charge in [-0.3, -0.25) is 0 Å². The second-order valence-electron chi connectivity index (χ2n) is 2.96. The van der Waals surface area contributed by atoms with Crippen molar-refractivity contribution in [1.82, 2.24) is 4.98 Å². The fourth-order valence-corrected chi connectivity index (χ4v) is 1.72. The normalized spacial score (nSPS) is 10.1. The van der Waals surface area contributed by atoms with Crippen LogP contribution in [0.15, 0.2) is 29.8 Å². The Morgan fingerprint density at radius 1 is 1.50 bits per heavy atom. The molecule has 1 heterocycles. The Balaban J connectivity index is 2.24. The summed E-state index contributed by atoms with van der Waals surface area (Å²) in [5, 5.41) is 13.9. The molecule has 0 amide bonds. The van der Waals surface area contributed by atoms with Gasteiger partial charge in [0, 0.05) is 17.3 Å².